The SMILES string of the molecule is CC(Cn1ccnc1)Nc1ccccn1. The van der Waals surface area contributed by atoms with Crippen LogP contribution >= 0.6 is 0 Å². The van der Waals surface area contributed by atoms with Crippen LogP contribution in [0.3, 0.4) is 0 Å². The molecule has 15 heavy (non-hydrogen) atoms. The Kier molecular flexibility index (Phi) is 2.97. The summed E-state index contributed by atoms with van der Waals surface area (Å²) in [7, 11) is 0. The van der Waals surface area contributed by atoms with E-state index in [-0.39, 0.29) is 0 Å². The smallest absolute Gasteiger partial charge is 0.126 e. The fourth-order valence-electron chi connectivity index (χ4n) is 1.46. The van der Waals surface area contributed by atoms with Crippen molar-refractivity contribution in [2.75, 3.05) is 5.32 Å². The van der Waals surface area contributed by atoms with Crippen molar-refractivity contribution in [3.05, 3.63) is 43.1 Å². The maximum absolute atomic E-state index is 4.21. The summed E-state index contributed by atoms with van der Waals surface area (Å²) in [5.74, 6) is 0.908. The third kappa shape index (κ3) is 2.80. The Morgan fingerprint density at radius 1 is 1.40 bits per heavy atom. The minimum atomic E-state index is 0.328. The lowest BCUT2D eigenvalue weighted by Gasteiger charge is -2.14. The topological polar surface area (TPSA) is 42.7 Å². The van der Waals surface area contributed by atoms with Crippen LogP contribution < -0.4 is 5.32 Å². The minimum Gasteiger partial charge on any atom is -0.366 e. The van der Waals surface area contributed by atoms with E-state index >= 15 is 0 Å². The lowest BCUT2D eigenvalue weighted by molar-refractivity contribution is 0.617. The van der Waals surface area contributed by atoms with E-state index in [2.05, 4.69) is 22.2 Å². The van der Waals surface area contributed by atoms with Crippen LogP contribution in [0.2, 0.25) is 0 Å². The first-order valence-corrected chi connectivity index (χ1v) is 4.98. The van der Waals surface area contributed by atoms with E-state index < -0.39 is 0 Å². The first kappa shape index (κ1) is 9.71. The quantitative estimate of drug-likeness (QED) is 0.821. The van der Waals surface area contributed by atoms with Gasteiger partial charge in [-0.15, -0.1) is 0 Å². The number of hydrogen-bond donors (Lipinski definition) is 1. The van der Waals surface area contributed by atoms with Crippen molar-refractivity contribution >= 4 is 5.82 Å². The summed E-state index contributed by atoms with van der Waals surface area (Å²) in [6, 6.07) is 6.17. The maximum Gasteiger partial charge on any atom is 0.126 e. The first-order chi connectivity index (χ1) is 7.34. The summed E-state index contributed by atoms with van der Waals surface area (Å²) in [6.45, 7) is 3.01. The predicted molar refractivity (Wildman–Crippen MR) is 59.5 cm³/mol. The molecule has 0 aliphatic carbocycles. The Labute approximate surface area is 89.0 Å². The van der Waals surface area contributed by atoms with Gasteiger partial charge in [-0.05, 0) is 19.1 Å². The van der Waals surface area contributed by atoms with Gasteiger partial charge < -0.3 is 9.88 Å². The molecule has 2 heterocycles. The van der Waals surface area contributed by atoms with Crippen LogP contribution in [0.15, 0.2) is 43.1 Å². The molecule has 0 aliphatic heterocycles. The van der Waals surface area contributed by atoms with Crippen LogP contribution in [0.1, 0.15) is 6.92 Å². The van der Waals surface area contributed by atoms with Crippen LogP contribution in [0.5, 0.6) is 0 Å². The van der Waals surface area contributed by atoms with Gasteiger partial charge in [0.05, 0.1) is 6.33 Å². The number of anilines is 1. The number of pyridine rings is 1. The van der Waals surface area contributed by atoms with Crippen molar-refractivity contribution < 1.29 is 0 Å². The number of rotatable bonds is 4. The van der Waals surface area contributed by atoms with Crippen molar-refractivity contribution in [3.63, 3.8) is 0 Å². The second-order valence-corrected chi connectivity index (χ2v) is 3.52. The van der Waals surface area contributed by atoms with Crippen molar-refractivity contribution in [2.24, 2.45) is 0 Å². The van der Waals surface area contributed by atoms with Crippen LogP contribution in [-0.4, -0.2) is 20.6 Å². The molecular weight excluding hydrogens is 188 g/mol. The standard InChI is InChI=1S/C11H14N4/c1-10(8-15-7-6-12-9-15)14-11-4-2-3-5-13-11/h2-7,9-10H,8H2,1H3,(H,13,14). The summed E-state index contributed by atoms with van der Waals surface area (Å²) in [4.78, 5) is 8.21. The van der Waals surface area contributed by atoms with Gasteiger partial charge in [-0.25, -0.2) is 9.97 Å². The van der Waals surface area contributed by atoms with Gasteiger partial charge in [0.2, 0.25) is 0 Å². The highest BCUT2D eigenvalue weighted by atomic mass is 15.1. The zero-order valence-electron chi connectivity index (χ0n) is 8.67. The molecule has 1 atom stereocenters. The van der Waals surface area contributed by atoms with E-state index in [1.165, 1.54) is 0 Å². The van der Waals surface area contributed by atoms with Gasteiger partial charge in [-0.2, -0.15) is 0 Å². The number of hydrogen-bond acceptors (Lipinski definition) is 3. The second-order valence-electron chi connectivity index (χ2n) is 3.52. The normalized spacial score (nSPS) is 12.3. The van der Waals surface area contributed by atoms with Crippen LogP contribution in [0.25, 0.3) is 0 Å². The molecule has 0 spiro atoms. The van der Waals surface area contributed by atoms with E-state index in [0.717, 1.165) is 12.4 Å². The molecule has 78 valence electrons. The van der Waals surface area contributed by atoms with Crippen molar-refractivity contribution in [3.8, 4) is 0 Å². The van der Waals surface area contributed by atoms with Crippen LogP contribution in [0.4, 0.5) is 5.82 Å². The van der Waals surface area contributed by atoms with Gasteiger partial charge in [0.15, 0.2) is 0 Å². The van der Waals surface area contributed by atoms with E-state index in [0.29, 0.717) is 6.04 Å². The molecule has 1 N–H and O–H groups in total. The van der Waals surface area contributed by atoms with Crippen LogP contribution in [-0.2, 0) is 6.54 Å². The highest BCUT2D eigenvalue weighted by molar-refractivity contribution is 5.34. The Morgan fingerprint density at radius 3 is 3.00 bits per heavy atom. The predicted octanol–water partition coefficient (Wildman–Crippen LogP) is 1.78. The highest BCUT2D eigenvalue weighted by Crippen LogP contribution is 2.03. The average Bonchev–Trinajstić information content (AvgIpc) is 2.71. The molecule has 0 radical (unpaired) electrons. The number of imidazole rings is 1. The molecule has 0 bridgehead atoms. The highest BCUT2D eigenvalue weighted by Gasteiger charge is 2.02. The van der Waals surface area contributed by atoms with E-state index in [9.17, 15) is 0 Å². The van der Waals surface area contributed by atoms with Gasteiger partial charge in [0.1, 0.15) is 5.82 Å². The molecule has 4 heteroatoms. The second kappa shape index (κ2) is 4.59. The zero-order chi connectivity index (χ0) is 10.5. The zero-order valence-corrected chi connectivity index (χ0v) is 8.67. The Balaban J connectivity index is 1.90. The molecule has 0 saturated heterocycles. The number of nitrogens with one attached hydrogen (secondary N) is 1. The molecule has 0 aliphatic rings. The maximum atomic E-state index is 4.21. The molecule has 2 aromatic heterocycles. The molecule has 0 fully saturated rings. The Morgan fingerprint density at radius 2 is 2.33 bits per heavy atom. The van der Waals surface area contributed by atoms with Crippen molar-refractivity contribution in [1.82, 2.24) is 14.5 Å². The summed E-state index contributed by atoms with van der Waals surface area (Å²) >= 11 is 0. The van der Waals surface area contributed by atoms with E-state index in [1.54, 1.807) is 12.4 Å². The van der Waals surface area contributed by atoms with Gasteiger partial charge in [-0.1, -0.05) is 6.07 Å². The van der Waals surface area contributed by atoms with Gasteiger partial charge in [0, 0.05) is 31.2 Å². The average molecular weight is 202 g/mol. The molecule has 2 rings (SSSR count). The molecule has 0 aromatic carbocycles. The Hall–Kier alpha value is -1.84. The third-order valence-electron chi connectivity index (χ3n) is 2.10. The molecule has 2 aromatic rings. The fraction of sp³-hybridized carbons (Fsp3) is 0.273. The van der Waals surface area contributed by atoms with Gasteiger partial charge in [-0.3, -0.25) is 0 Å². The van der Waals surface area contributed by atoms with E-state index in [4.69, 9.17) is 0 Å². The molecule has 1 unspecified atom stereocenters. The lowest BCUT2D eigenvalue weighted by Crippen LogP contribution is -2.21. The van der Waals surface area contributed by atoms with Crippen molar-refractivity contribution in [2.45, 2.75) is 19.5 Å². The summed E-state index contributed by atoms with van der Waals surface area (Å²) in [6.07, 6.45) is 7.34. The molecular formula is C11H14N4. The summed E-state index contributed by atoms with van der Waals surface area (Å²) in [5.41, 5.74) is 0. The summed E-state index contributed by atoms with van der Waals surface area (Å²) < 4.78 is 2.04. The van der Waals surface area contributed by atoms with E-state index in [1.807, 2.05) is 35.3 Å². The van der Waals surface area contributed by atoms with Gasteiger partial charge in [0.25, 0.3) is 0 Å². The number of nitrogens with zero attached hydrogens (tertiary/aromatic N) is 3. The van der Waals surface area contributed by atoms with Crippen molar-refractivity contribution in [1.29, 1.82) is 0 Å². The third-order valence-corrected chi connectivity index (χ3v) is 2.10. The molecule has 4 nitrogen and oxygen atoms in total. The number of aromatic nitrogens is 3. The minimum absolute atomic E-state index is 0.328. The lowest BCUT2D eigenvalue weighted by atomic mass is 10.3. The first-order valence-electron chi connectivity index (χ1n) is 4.98. The van der Waals surface area contributed by atoms with Gasteiger partial charge >= 0.3 is 0 Å². The Bertz CT molecular complexity index is 382. The van der Waals surface area contributed by atoms with Crippen LogP contribution in [0, 0.1) is 0 Å². The molecule has 0 saturated carbocycles. The molecule has 0 amide bonds. The monoisotopic (exact) mass is 202 g/mol. The summed E-state index contributed by atoms with van der Waals surface area (Å²) in [5, 5.41) is 3.32. The largest absolute Gasteiger partial charge is 0.366 e. The fourth-order valence-corrected chi connectivity index (χ4v) is 1.46.